The van der Waals surface area contributed by atoms with Gasteiger partial charge in [-0.25, -0.2) is 0 Å². The Kier molecular flexibility index (Phi) is 5.93. The minimum absolute atomic E-state index is 0.0819. The Bertz CT molecular complexity index is 1490. The number of hydrogen-bond acceptors (Lipinski definition) is 4. The minimum atomic E-state index is -4.60. The van der Waals surface area contributed by atoms with Crippen molar-refractivity contribution >= 4 is 33.4 Å². The van der Waals surface area contributed by atoms with Crippen molar-refractivity contribution in [3.63, 3.8) is 0 Å². The van der Waals surface area contributed by atoms with Gasteiger partial charge in [-0.15, -0.1) is 0 Å². The van der Waals surface area contributed by atoms with Crippen LogP contribution >= 0.6 is 23.2 Å². The minimum Gasteiger partial charge on any atom is -0.356 e. The van der Waals surface area contributed by atoms with E-state index in [0.717, 1.165) is 29.5 Å². The third-order valence-electron chi connectivity index (χ3n) is 7.91. The van der Waals surface area contributed by atoms with Gasteiger partial charge in [0.15, 0.2) is 5.76 Å². The summed E-state index contributed by atoms with van der Waals surface area (Å²) in [5.74, 6) is 0.354. The molecule has 37 heavy (non-hydrogen) atoms. The zero-order chi connectivity index (χ0) is 26.2. The number of rotatable bonds is 3. The molecule has 1 N–H and O–H groups in total. The topological polar surface area (TPSA) is 75.4 Å². The van der Waals surface area contributed by atoms with E-state index in [0.29, 0.717) is 44.2 Å². The molecule has 2 aliphatic carbocycles. The quantitative estimate of drug-likeness (QED) is 0.425. The molecule has 6 nitrogen and oxygen atoms in total. The van der Waals surface area contributed by atoms with Gasteiger partial charge in [0.05, 0.1) is 10.6 Å². The summed E-state index contributed by atoms with van der Waals surface area (Å²) >= 11 is 12.3. The van der Waals surface area contributed by atoms with E-state index in [2.05, 4.69) is 9.88 Å². The molecule has 3 atom stereocenters. The lowest BCUT2D eigenvalue weighted by atomic mass is 9.79. The van der Waals surface area contributed by atoms with Crippen molar-refractivity contribution in [3.8, 4) is 22.6 Å². The number of hydrogen-bond donors (Lipinski definition) is 1. The maximum absolute atomic E-state index is 13.1. The molecule has 2 bridgehead atoms. The van der Waals surface area contributed by atoms with Crippen molar-refractivity contribution in [2.24, 2.45) is 11.8 Å². The highest BCUT2D eigenvalue weighted by Gasteiger charge is 2.60. The molecule has 2 heterocycles. The van der Waals surface area contributed by atoms with E-state index in [-0.39, 0.29) is 18.4 Å². The van der Waals surface area contributed by atoms with Crippen LogP contribution in [-0.4, -0.2) is 42.7 Å². The fourth-order valence-electron chi connectivity index (χ4n) is 6.23. The summed E-state index contributed by atoms with van der Waals surface area (Å²) in [5, 5.41) is 5.12. The summed E-state index contributed by atoms with van der Waals surface area (Å²) in [5.41, 5.74) is 3.26. The van der Waals surface area contributed by atoms with Gasteiger partial charge in [0.2, 0.25) is 0 Å². The SMILES string of the molecule is O=S1(=O)NC2(CN1CC(F)(F)F)C1CCC2Cc2cc(-c3cc(-c4ccc(Cl)cc4Cl)no3)ccc2C1. The molecule has 1 aliphatic heterocycles. The van der Waals surface area contributed by atoms with Gasteiger partial charge in [-0.05, 0) is 72.9 Å². The van der Waals surface area contributed by atoms with Crippen LogP contribution in [0.5, 0.6) is 0 Å². The standard InChI is InChI=1S/C25H22Cl2F3N3O3S/c26-19-5-6-20(21(27)10-19)22-11-23(36-31-22)15-2-1-14-8-17-3-4-18(9-16(14)7-15)24(17)12-33(13-25(28,29)30)37(34,35)32-24/h1-2,5-7,10-11,17-18,32H,3-4,8-9,12-13H2. The predicted octanol–water partition coefficient (Wildman–Crippen LogP) is 5.89. The molecule has 0 radical (unpaired) electrons. The molecule has 1 aromatic heterocycles. The van der Waals surface area contributed by atoms with Crippen LogP contribution < -0.4 is 4.72 Å². The largest absolute Gasteiger partial charge is 0.402 e. The molecule has 3 aromatic rings. The monoisotopic (exact) mass is 571 g/mol. The summed E-state index contributed by atoms with van der Waals surface area (Å²) in [7, 11) is -4.22. The van der Waals surface area contributed by atoms with Crippen LogP contribution in [0, 0.1) is 11.8 Å². The van der Waals surface area contributed by atoms with Crippen LogP contribution in [0.2, 0.25) is 10.0 Å². The van der Waals surface area contributed by atoms with Gasteiger partial charge in [-0.2, -0.15) is 30.6 Å². The molecular weight excluding hydrogens is 550 g/mol. The molecule has 2 fully saturated rings. The highest BCUT2D eigenvalue weighted by atomic mass is 35.5. The van der Waals surface area contributed by atoms with Gasteiger partial charge in [0, 0.05) is 28.8 Å². The Morgan fingerprint density at radius 3 is 2.49 bits per heavy atom. The van der Waals surface area contributed by atoms with Crippen LogP contribution in [0.3, 0.4) is 0 Å². The first-order valence-corrected chi connectivity index (χ1v) is 14.0. The van der Waals surface area contributed by atoms with E-state index in [1.54, 1.807) is 24.3 Å². The van der Waals surface area contributed by atoms with Crippen LogP contribution in [0.15, 0.2) is 47.0 Å². The Morgan fingerprint density at radius 1 is 1.05 bits per heavy atom. The normalized spacial score (nSPS) is 26.9. The maximum Gasteiger partial charge on any atom is 0.402 e. The van der Waals surface area contributed by atoms with Crippen LogP contribution in [0.4, 0.5) is 13.2 Å². The highest BCUT2D eigenvalue weighted by molar-refractivity contribution is 7.87. The number of nitrogens with zero attached hydrogens (tertiary/aromatic N) is 2. The number of alkyl halides is 3. The molecule has 1 spiro atoms. The Balaban J connectivity index is 1.29. The van der Waals surface area contributed by atoms with Crippen molar-refractivity contribution in [1.82, 2.24) is 14.2 Å². The first-order chi connectivity index (χ1) is 17.4. The van der Waals surface area contributed by atoms with Gasteiger partial charge in [-0.3, -0.25) is 0 Å². The van der Waals surface area contributed by atoms with E-state index < -0.39 is 28.5 Å². The average molecular weight is 572 g/mol. The van der Waals surface area contributed by atoms with E-state index >= 15 is 0 Å². The number of nitrogens with one attached hydrogen (secondary N) is 1. The van der Waals surface area contributed by atoms with E-state index in [9.17, 15) is 21.6 Å². The van der Waals surface area contributed by atoms with Gasteiger partial charge in [-0.1, -0.05) is 40.5 Å². The molecule has 6 rings (SSSR count). The fourth-order valence-corrected chi connectivity index (χ4v) is 8.45. The zero-order valence-corrected chi connectivity index (χ0v) is 21.7. The van der Waals surface area contributed by atoms with Crippen molar-refractivity contribution in [2.45, 2.75) is 37.4 Å². The molecule has 2 aromatic carbocycles. The van der Waals surface area contributed by atoms with Crippen LogP contribution in [-0.2, 0) is 23.1 Å². The third kappa shape index (κ3) is 4.46. The summed E-state index contributed by atoms with van der Waals surface area (Å²) in [4.78, 5) is 0. The Morgan fingerprint density at radius 2 is 1.78 bits per heavy atom. The summed E-state index contributed by atoms with van der Waals surface area (Å²) in [6, 6.07) is 12.8. The smallest absolute Gasteiger partial charge is 0.356 e. The highest BCUT2D eigenvalue weighted by Crippen LogP contribution is 2.51. The van der Waals surface area contributed by atoms with Crippen molar-refractivity contribution in [1.29, 1.82) is 0 Å². The van der Waals surface area contributed by atoms with Crippen LogP contribution in [0.25, 0.3) is 22.6 Å². The lowest BCUT2D eigenvalue weighted by molar-refractivity contribution is -0.136. The second-order valence-corrected chi connectivity index (χ2v) is 12.6. The molecule has 196 valence electrons. The Hall–Kier alpha value is -2.11. The van der Waals surface area contributed by atoms with Gasteiger partial charge in [0.1, 0.15) is 12.2 Å². The Labute approximate surface area is 221 Å². The van der Waals surface area contributed by atoms with Gasteiger partial charge < -0.3 is 4.52 Å². The van der Waals surface area contributed by atoms with E-state index in [4.69, 9.17) is 27.7 Å². The van der Waals surface area contributed by atoms with Crippen LogP contribution in [0.1, 0.15) is 24.0 Å². The zero-order valence-electron chi connectivity index (χ0n) is 19.4. The molecule has 3 unspecified atom stereocenters. The average Bonchev–Trinajstić information content (AvgIpc) is 3.42. The molecule has 3 aliphatic rings. The third-order valence-corrected chi connectivity index (χ3v) is 10.0. The number of aromatic nitrogens is 1. The fraction of sp³-hybridized carbons (Fsp3) is 0.400. The molecule has 1 saturated carbocycles. The van der Waals surface area contributed by atoms with Crippen molar-refractivity contribution in [2.75, 3.05) is 13.1 Å². The van der Waals surface area contributed by atoms with Crippen molar-refractivity contribution in [3.05, 3.63) is 63.6 Å². The summed E-state index contributed by atoms with van der Waals surface area (Å²) in [6.07, 6.45) is -1.93. The summed E-state index contributed by atoms with van der Waals surface area (Å²) < 4.78 is 73.6. The molecule has 12 heteroatoms. The first-order valence-electron chi connectivity index (χ1n) is 11.8. The van der Waals surface area contributed by atoms with Gasteiger partial charge in [0.25, 0.3) is 10.2 Å². The lowest BCUT2D eigenvalue weighted by Gasteiger charge is -2.33. The first kappa shape index (κ1) is 25.2. The number of fused-ring (bicyclic) bond motifs is 1. The number of benzene rings is 2. The van der Waals surface area contributed by atoms with Crippen molar-refractivity contribution < 1.29 is 26.1 Å². The number of halogens is 5. The molecular formula is C25H22Cl2F3N3O3S. The maximum atomic E-state index is 13.1. The van der Waals surface area contributed by atoms with E-state index in [1.807, 2.05) is 18.2 Å². The lowest BCUT2D eigenvalue weighted by Crippen LogP contribution is -2.52. The molecule has 0 amide bonds. The van der Waals surface area contributed by atoms with E-state index in [1.165, 1.54) is 0 Å². The summed E-state index contributed by atoms with van der Waals surface area (Å²) in [6.45, 7) is -1.65. The predicted molar refractivity (Wildman–Crippen MR) is 133 cm³/mol. The second kappa shape index (κ2) is 8.71. The van der Waals surface area contributed by atoms with Gasteiger partial charge >= 0.3 is 6.18 Å². The molecule has 1 saturated heterocycles. The second-order valence-electron chi connectivity index (χ2n) is 10.1.